The quantitative estimate of drug-likeness (QED) is 0.307. The van der Waals surface area contributed by atoms with E-state index in [0.717, 1.165) is 18.4 Å². The molecular weight excluding hydrogens is 406 g/mol. The summed E-state index contributed by atoms with van der Waals surface area (Å²) in [5.41, 5.74) is 7.06. The van der Waals surface area contributed by atoms with Crippen molar-refractivity contribution < 1.29 is 19.4 Å². The molecule has 1 aromatic rings. The van der Waals surface area contributed by atoms with Gasteiger partial charge in [-0.3, -0.25) is 9.59 Å². The van der Waals surface area contributed by atoms with Crippen LogP contribution in [0.15, 0.2) is 30.3 Å². The van der Waals surface area contributed by atoms with Crippen molar-refractivity contribution in [3.05, 3.63) is 35.9 Å². The average Bonchev–Trinajstić information content (AvgIpc) is 2.76. The number of carbonyl (C=O) groups is 2. The van der Waals surface area contributed by atoms with Gasteiger partial charge in [-0.05, 0) is 30.2 Å². The fraction of sp³-hybridized carbons (Fsp3) is 0.680. The van der Waals surface area contributed by atoms with Crippen molar-refractivity contribution in [1.29, 1.82) is 0 Å². The van der Waals surface area contributed by atoms with Crippen LogP contribution >= 0.6 is 0 Å². The molecule has 1 aromatic carbocycles. The maximum atomic E-state index is 13.1. The lowest BCUT2D eigenvalue weighted by Crippen LogP contribution is -2.52. The number of benzene rings is 1. The Balaban J connectivity index is 2.68. The molecule has 7 nitrogen and oxygen atoms in total. The van der Waals surface area contributed by atoms with E-state index < -0.39 is 24.1 Å². The third-order valence-corrected chi connectivity index (χ3v) is 5.64. The first-order chi connectivity index (χ1) is 15.2. The average molecular weight is 450 g/mol. The highest BCUT2D eigenvalue weighted by Gasteiger charge is 2.32. The van der Waals surface area contributed by atoms with E-state index in [0.29, 0.717) is 13.2 Å². The first-order valence-electron chi connectivity index (χ1n) is 11.8. The molecular formula is C25H43N3O4. The van der Waals surface area contributed by atoms with Crippen molar-refractivity contribution in [2.75, 3.05) is 13.2 Å². The van der Waals surface area contributed by atoms with Crippen LogP contribution in [0, 0.1) is 17.8 Å². The van der Waals surface area contributed by atoms with Crippen LogP contribution in [0.1, 0.15) is 59.4 Å². The standard InChI is InChI=1S/C25H43N3O4/c1-6-7-13-32-16-21(26)22(29)14-20(17(2)3)24(30)28-23(18(4)5)25(31)27-15-19-11-9-8-10-12-19/h8-12,17-18,20-23,29H,6-7,13-16,26H2,1-5H3,(H,27,31)(H,28,30)/t20-,21-,22-,23-/m0/s1. The number of hydrogen-bond acceptors (Lipinski definition) is 5. The normalized spacial score (nSPS) is 15.3. The largest absolute Gasteiger partial charge is 0.391 e. The Kier molecular flexibility index (Phi) is 13.1. The van der Waals surface area contributed by atoms with Crippen molar-refractivity contribution in [3.8, 4) is 0 Å². The van der Waals surface area contributed by atoms with Crippen LogP contribution < -0.4 is 16.4 Å². The molecule has 2 amide bonds. The zero-order chi connectivity index (χ0) is 24.1. The molecule has 4 atom stereocenters. The van der Waals surface area contributed by atoms with E-state index in [1.807, 2.05) is 58.0 Å². The molecule has 0 aliphatic carbocycles. The van der Waals surface area contributed by atoms with E-state index in [4.69, 9.17) is 10.5 Å². The molecule has 32 heavy (non-hydrogen) atoms. The number of amides is 2. The molecule has 7 heteroatoms. The topological polar surface area (TPSA) is 114 Å². The summed E-state index contributed by atoms with van der Waals surface area (Å²) < 4.78 is 5.51. The Morgan fingerprint density at radius 1 is 1.06 bits per heavy atom. The molecule has 0 aliphatic rings. The van der Waals surface area contributed by atoms with E-state index in [1.54, 1.807) is 0 Å². The van der Waals surface area contributed by atoms with Crippen LogP contribution in [-0.4, -0.2) is 48.3 Å². The van der Waals surface area contributed by atoms with Crippen molar-refractivity contribution in [1.82, 2.24) is 10.6 Å². The van der Waals surface area contributed by atoms with E-state index in [1.165, 1.54) is 0 Å². The van der Waals surface area contributed by atoms with Crippen LogP contribution in [0.25, 0.3) is 0 Å². The second-order valence-corrected chi connectivity index (χ2v) is 9.18. The number of unbranched alkanes of at least 4 members (excludes halogenated alkanes) is 1. The first-order valence-corrected chi connectivity index (χ1v) is 11.8. The van der Waals surface area contributed by atoms with Gasteiger partial charge in [-0.1, -0.05) is 71.4 Å². The van der Waals surface area contributed by atoms with E-state index in [2.05, 4.69) is 17.6 Å². The summed E-state index contributed by atoms with van der Waals surface area (Å²) in [5, 5.41) is 16.4. The molecule has 1 rings (SSSR count). The lowest BCUT2D eigenvalue weighted by atomic mass is 9.87. The number of rotatable bonds is 15. The molecule has 0 saturated heterocycles. The van der Waals surface area contributed by atoms with Gasteiger partial charge in [-0.15, -0.1) is 0 Å². The molecule has 0 saturated carbocycles. The Morgan fingerprint density at radius 2 is 1.72 bits per heavy atom. The van der Waals surface area contributed by atoms with Gasteiger partial charge < -0.3 is 26.2 Å². The van der Waals surface area contributed by atoms with Gasteiger partial charge in [-0.25, -0.2) is 0 Å². The van der Waals surface area contributed by atoms with Gasteiger partial charge in [0.2, 0.25) is 11.8 Å². The predicted molar refractivity (Wildman–Crippen MR) is 128 cm³/mol. The molecule has 0 aromatic heterocycles. The molecule has 0 spiro atoms. The maximum absolute atomic E-state index is 13.1. The van der Waals surface area contributed by atoms with Gasteiger partial charge in [0, 0.05) is 19.1 Å². The monoisotopic (exact) mass is 449 g/mol. The molecule has 0 unspecified atom stereocenters. The fourth-order valence-electron chi connectivity index (χ4n) is 3.38. The van der Waals surface area contributed by atoms with Crippen molar-refractivity contribution >= 4 is 11.8 Å². The van der Waals surface area contributed by atoms with Crippen LogP contribution in [0.4, 0.5) is 0 Å². The van der Waals surface area contributed by atoms with Gasteiger partial charge in [0.25, 0.3) is 0 Å². The molecule has 0 aliphatic heterocycles. The van der Waals surface area contributed by atoms with Crippen molar-refractivity contribution in [3.63, 3.8) is 0 Å². The highest BCUT2D eigenvalue weighted by Crippen LogP contribution is 2.20. The summed E-state index contributed by atoms with van der Waals surface area (Å²) in [4.78, 5) is 25.8. The summed E-state index contributed by atoms with van der Waals surface area (Å²) >= 11 is 0. The lowest BCUT2D eigenvalue weighted by molar-refractivity contribution is -0.134. The van der Waals surface area contributed by atoms with Gasteiger partial charge in [-0.2, -0.15) is 0 Å². The van der Waals surface area contributed by atoms with Crippen LogP contribution in [0.2, 0.25) is 0 Å². The summed E-state index contributed by atoms with van der Waals surface area (Å²) in [6.07, 6.45) is 1.34. The molecule has 0 fully saturated rings. The molecule has 0 bridgehead atoms. The van der Waals surface area contributed by atoms with Gasteiger partial charge in [0.15, 0.2) is 0 Å². The highest BCUT2D eigenvalue weighted by molar-refractivity contribution is 5.88. The van der Waals surface area contributed by atoms with Crippen LogP contribution in [0.5, 0.6) is 0 Å². The summed E-state index contributed by atoms with van der Waals surface area (Å²) in [6, 6.07) is 8.42. The SMILES string of the molecule is CCCCOC[C@H](N)[C@@H](O)C[C@H](C(=O)N[C@H](C(=O)NCc1ccccc1)C(C)C)C(C)C. The highest BCUT2D eigenvalue weighted by atomic mass is 16.5. The Labute approximate surface area is 193 Å². The smallest absolute Gasteiger partial charge is 0.243 e. The van der Waals surface area contributed by atoms with Gasteiger partial charge in [0.1, 0.15) is 6.04 Å². The molecule has 182 valence electrons. The lowest BCUT2D eigenvalue weighted by Gasteiger charge is -2.29. The minimum Gasteiger partial charge on any atom is -0.391 e. The zero-order valence-electron chi connectivity index (χ0n) is 20.3. The number of nitrogens with one attached hydrogen (secondary N) is 2. The number of aliphatic hydroxyl groups excluding tert-OH is 1. The van der Waals surface area contributed by atoms with Crippen molar-refractivity contribution in [2.24, 2.45) is 23.5 Å². The Bertz CT molecular complexity index is 666. The third kappa shape index (κ3) is 10.1. The summed E-state index contributed by atoms with van der Waals surface area (Å²) in [7, 11) is 0. The van der Waals surface area contributed by atoms with Gasteiger partial charge >= 0.3 is 0 Å². The number of aliphatic hydroxyl groups is 1. The minimum absolute atomic E-state index is 0.0157. The second kappa shape index (κ2) is 15.0. The fourth-order valence-corrected chi connectivity index (χ4v) is 3.38. The molecule has 0 radical (unpaired) electrons. The number of nitrogens with two attached hydrogens (primary N) is 1. The Morgan fingerprint density at radius 3 is 2.28 bits per heavy atom. The third-order valence-electron chi connectivity index (χ3n) is 5.64. The summed E-state index contributed by atoms with van der Waals surface area (Å²) in [5.74, 6) is -1.03. The van der Waals surface area contributed by atoms with E-state index in [-0.39, 0.29) is 36.7 Å². The summed E-state index contributed by atoms with van der Waals surface area (Å²) in [6.45, 7) is 11.0. The van der Waals surface area contributed by atoms with E-state index >= 15 is 0 Å². The van der Waals surface area contributed by atoms with Crippen LogP contribution in [0.3, 0.4) is 0 Å². The zero-order valence-corrected chi connectivity index (χ0v) is 20.3. The second-order valence-electron chi connectivity index (χ2n) is 9.18. The first kappa shape index (κ1) is 28.1. The van der Waals surface area contributed by atoms with Gasteiger partial charge in [0.05, 0.1) is 18.8 Å². The number of carbonyl (C=O) groups excluding carboxylic acids is 2. The maximum Gasteiger partial charge on any atom is 0.243 e. The van der Waals surface area contributed by atoms with Crippen molar-refractivity contribution in [2.45, 2.75) is 78.6 Å². The number of ether oxygens (including phenoxy) is 1. The molecule has 0 heterocycles. The predicted octanol–water partition coefficient (Wildman–Crippen LogP) is 2.61. The number of hydrogen-bond donors (Lipinski definition) is 4. The Hall–Kier alpha value is -1.96. The van der Waals surface area contributed by atoms with E-state index in [9.17, 15) is 14.7 Å². The molecule has 5 N–H and O–H groups in total. The minimum atomic E-state index is -0.862. The van der Waals surface area contributed by atoms with Crippen LogP contribution in [-0.2, 0) is 20.9 Å².